The second kappa shape index (κ2) is 15.5. The summed E-state index contributed by atoms with van der Waals surface area (Å²) in [6, 6.07) is 28.8. The van der Waals surface area contributed by atoms with Gasteiger partial charge in [0, 0.05) is 5.75 Å². The highest BCUT2D eigenvalue weighted by Gasteiger charge is 2.19. The van der Waals surface area contributed by atoms with E-state index >= 15 is 0 Å². The molecule has 0 saturated carbocycles. The molecule has 1 N–H and O–H groups in total. The van der Waals surface area contributed by atoms with E-state index < -0.39 is 0 Å². The summed E-state index contributed by atoms with van der Waals surface area (Å²) >= 11 is 1.73. The van der Waals surface area contributed by atoms with Crippen LogP contribution < -0.4 is 10.1 Å². The number of hydrogen-bond acceptors (Lipinski definition) is 4. The molecule has 1 aliphatic heterocycles. The minimum absolute atomic E-state index is 0.284. The summed E-state index contributed by atoms with van der Waals surface area (Å²) in [6.07, 6.45) is 4.71. The normalized spacial score (nSPS) is 13.8. The third kappa shape index (κ3) is 9.84. The van der Waals surface area contributed by atoms with Crippen LogP contribution in [-0.4, -0.2) is 11.7 Å². The van der Waals surface area contributed by atoms with Gasteiger partial charge in [-0.25, -0.2) is 0 Å². The molecule has 3 aromatic rings. The number of amidine groups is 1. The summed E-state index contributed by atoms with van der Waals surface area (Å²) in [5.74, 6) is 2.57. The average Bonchev–Trinajstić information content (AvgIpc) is 3.34. The molecule has 0 unspecified atom stereocenters. The SMILES string of the molecule is C=CC.C=CCC.c1ccc(Oc2cccc(CSC3=NC[C@@H](c4ccccc4)N3)c2)cc1. The van der Waals surface area contributed by atoms with Crippen molar-refractivity contribution in [2.75, 3.05) is 6.54 Å². The van der Waals surface area contributed by atoms with Crippen LogP contribution in [-0.2, 0) is 5.75 Å². The van der Waals surface area contributed by atoms with Gasteiger partial charge in [-0.1, -0.05) is 91.5 Å². The number of nitrogens with one attached hydrogen (secondary N) is 1. The number of para-hydroxylation sites is 1. The Labute approximate surface area is 203 Å². The minimum Gasteiger partial charge on any atom is -0.457 e. The molecule has 0 aliphatic carbocycles. The van der Waals surface area contributed by atoms with Gasteiger partial charge < -0.3 is 10.1 Å². The molecule has 3 nitrogen and oxygen atoms in total. The topological polar surface area (TPSA) is 33.6 Å². The van der Waals surface area contributed by atoms with Crippen LogP contribution in [0.3, 0.4) is 0 Å². The second-order valence-electron chi connectivity index (χ2n) is 7.21. The van der Waals surface area contributed by atoms with Gasteiger partial charge in [-0.2, -0.15) is 0 Å². The molecule has 0 radical (unpaired) electrons. The Balaban J connectivity index is 0.000000489. The van der Waals surface area contributed by atoms with Crippen molar-refractivity contribution in [1.29, 1.82) is 0 Å². The molecule has 0 fully saturated rings. The van der Waals surface area contributed by atoms with Crippen LogP contribution >= 0.6 is 11.8 Å². The third-order valence-corrected chi connectivity index (χ3v) is 5.46. The molecular weight excluding hydrogens is 424 g/mol. The van der Waals surface area contributed by atoms with Crippen LogP contribution in [0.1, 0.15) is 37.4 Å². The summed E-state index contributed by atoms with van der Waals surface area (Å²) in [4.78, 5) is 4.64. The van der Waals surface area contributed by atoms with Crippen LogP contribution in [0.25, 0.3) is 0 Å². The number of ether oxygens (including phenoxy) is 1. The van der Waals surface area contributed by atoms with Gasteiger partial charge in [-0.3, -0.25) is 4.99 Å². The lowest BCUT2D eigenvalue weighted by Crippen LogP contribution is -2.20. The lowest BCUT2D eigenvalue weighted by atomic mass is 10.1. The predicted octanol–water partition coefficient (Wildman–Crippen LogP) is 8.19. The molecule has 0 bridgehead atoms. The van der Waals surface area contributed by atoms with Gasteiger partial charge in [-0.05, 0) is 48.7 Å². The second-order valence-corrected chi connectivity index (χ2v) is 8.17. The van der Waals surface area contributed by atoms with E-state index in [9.17, 15) is 0 Å². The summed E-state index contributed by atoms with van der Waals surface area (Å²) in [7, 11) is 0. The first-order valence-electron chi connectivity index (χ1n) is 11.2. The molecule has 4 heteroatoms. The van der Waals surface area contributed by atoms with Crippen molar-refractivity contribution < 1.29 is 4.74 Å². The lowest BCUT2D eigenvalue weighted by Gasteiger charge is -2.12. The number of hydrogen-bond donors (Lipinski definition) is 1. The molecular formula is C29H34N2OS. The fraction of sp³-hybridized carbons (Fsp3) is 0.207. The molecule has 4 rings (SSSR count). The van der Waals surface area contributed by atoms with Crippen molar-refractivity contribution in [2.24, 2.45) is 4.99 Å². The molecule has 0 aromatic heterocycles. The summed E-state index contributed by atoms with van der Waals surface area (Å²) in [5, 5.41) is 4.52. The fourth-order valence-corrected chi connectivity index (χ4v) is 3.73. The number of aliphatic imine (C=N–C) groups is 1. The number of thioether (sulfide) groups is 1. The highest BCUT2D eigenvalue weighted by Crippen LogP contribution is 2.26. The number of allylic oxidation sites excluding steroid dienone is 2. The molecule has 172 valence electrons. The molecule has 1 atom stereocenters. The Bertz CT molecular complexity index is 987. The third-order valence-electron chi connectivity index (χ3n) is 4.46. The van der Waals surface area contributed by atoms with E-state index in [4.69, 9.17) is 4.74 Å². The van der Waals surface area contributed by atoms with Gasteiger partial charge in [0.05, 0.1) is 12.6 Å². The zero-order valence-corrected chi connectivity index (χ0v) is 20.4. The monoisotopic (exact) mass is 458 g/mol. The average molecular weight is 459 g/mol. The Kier molecular flexibility index (Phi) is 12.3. The van der Waals surface area contributed by atoms with Gasteiger partial charge in [0.2, 0.25) is 0 Å². The van der Waals surface area contributed by atoms with Gasteiger partial charge in [0.1, 0.15) is 11.5 Å². The summed E-state index contributed by atoms with van der Waals surface area (Å²) in [5.41, 5.74) is 2.50. The Hall–Kier alpha value is -3.24. The van der Waals surface area contributed by atoms with E-state index in [0.717, 1.165) is 35.4 Å². The number of rotatable bonds is 6. The van der Waals surface area contributed by atoms with E-state index in [1.54, 1.807) is 17.8 Å². The number of nitrogens with zero attached hydrogens (tertiary/aromatic N) is 1. The maximum Gasteiger partial charge on any atom is 0.157 e. The van der Waals surface area contributed by atoms with Crippen molar-refractivity contribution >= 4 is 16.9 Å². The van der Waals surface area contributed by atoms with E-state index in [-0.39, 0.29) is 6.04 Å². The fourth-order valence-electron chi connectivity index (χ4n) is 2.85. The van der Waals surface area contributed by atoms with Crippen molar-refractivity contribution in [1.82, 2.24) is 5.32 Å². The molecule has 1 heterocycles. The Morgan fingerprint density at radius 2 is 1.58 bits per heavy atom. The maximum atomic E-state index is 5.91. The minimum atomic E-state index is 0.284. The van der Waals surface area contributed by atoms with Gasteiger partial charge >= 0.3 is 0 Å². The molecule has 0 amide bonds. The van der Waals surface area contributed by atoms with Crippen LogP contribution in [0.15, 0.2) is 115 Å². The van der Waals surface area contributed by atoms with Crippen molar-refractivity contribution in [2.45, 2.75) is 32.1 Å². The van der Waals surface area contributed by atoms with Gasteiger partial charge in [0.25, 0.3) is 0 Å². The van der Waals surface area contributed by atoms with Gasteiger partial charge in [-0.15, -0.1) is 13.2 Å². The van der Waals surface area contributed by atoms with E-state index in [1.165, 1.54) is 11.1 Å². The van der Waals surface area contributed by atoms with Gasteiger partial charge in [0.15, 0.2) is 5.17 Å². The van der Waals surface area contributed by atoms with Crippen molar-refractivity contribution in [3.8, 4) is 11.5 Å². The first-order valence-corrected chi connectivity index (χ1v) is 12.2. The Morgan fingerprint density at radius 3 is 2.21 bits per heavy atom. The van der Waals surface area contributed by atoms with Crippen LogP contribution in [0.4, 0.5) is 0 Å². The van der Waals surface area contributed by atoms with Crippen molar-refractivity contribution in [3.05, 3.63) is 121 Å². The highest BCUT2D eigenvalue weighted by molar-refractivity contribution is 8.13. The van der Waals surface area contributed by atoms with E-state index in [0.29, 0.717) is 0 Å². The quantitative estimate of drug-likeness (QED) is 0.378. The van der Waals surface area contributed by atoms with Crippen LogP contribution in [0, 0.1) is 0 Å². The number of benzene rings is 3. The molecule has 3 aromatic carbocycles. The molecule has 1 aliphatic rings. The van der Waals surface area contributed by atoms with Crippen LogP contribution in [0.5, 0.6) is 11.5 Å². The van der Waals surface area contributed by atoms with Crippen LogP contribution in [0.2, 0.25) is 0 Å². The lowest BCUT2D eigenvalue weighted by molar-refractivity contribution is 0.482. The maximum absolute atomic E-state index is 5.91. The van der Waals surface area contributed by atoms with E-state index in [2.05, 4.69) is 66.8 Å². The summed E-state index contributed by atoms with van der Waals surface area (Å²) in [6.45, 7) is 11.6. The smallest absolute Gasteiger partial charge is 0.157 e. The van der Waals surface area contributed by atoms with Crippen molar-refractivity contribution in [3.63, 3.8) is 0 Å². The highest BCUT2D eigenvalue weighted by atomic mass is 32.2. The molecule has 0 spiro atoms. The molecule has 33 heavy (non-hydrogen) atoms. The zero-order valence-electron chi connectivity index (χ0n) is 19.6. The largest absolute Gasteiger partial charge is 0.457 e. The standard InChI is InChI=1S/C22H20N2OS.C4H8.C3H6/c1-3-9-18(10-4-1)21-15-23-22(24-21)26-16-17-8-7-13-20(14-17)25-19-11-5-2-6-12-19;1-3-4-2;1-3-2/h1-14,21H,15-16H2,(H,23,24);3H,1,4H2,2H3;3H,1H2,2H3/t21-;;/m0../s1. The zero-order chi connectivity index (χ0) is 23.7. The molecule has 0 saturated heterocycles. The Morgan fingerprint density at radius 1 is 0.970 bits per heavy atom. The first kappa shape index (κ1) is 26.0. The predicted molar refractivity (Wildman–Crippen MR) is 145 cm³/mol. The van der Waals surface area contributed by atoms with E-state index in [1.807, 2.05) is 61.5 Å². The summed E-state index contributed by atoms with van der Waals surface area (Å²) < 4.78 is 5.91. The first-order chi connectivity index (χ1) is 16.2.